The molecule has 3 amide bonds. The third kappa shape index (κ3) is 5.01. The van der Waals surface area contributed by atoms with Gasteiger partial charge in [-0.1, -0.05) is 12.1 Å². The van der Waals surface area contributed by atoms with Crippen molar-refractivity contribution >= 4 is 23.4 Å². The van der Waals surface area contributed by atoms with Crippen LogP contribution in [-0.2, 0) is 19.4 Å². The van der Waals surface area contributed by atoms with Crippen molar-refractivity contribution in [3.8, 4) is 11.5 Å². The second-order valence-electron chi connectivity index (χ2n) is 10.5. The zero-order valence-electron chi connectivity index (χ0n) is 22.9. The monoisotopic (exact) mass is 542 g/mol. The van der Waals surface area contributed by atoms with Crippen molar-refractivity contribution in [1.82, 2.24) is 19.8 Å². The van der Waals surface area contributed by atoms with Crippen molar-refractivity contribution in [1.29, 1.82) is 0 Å². The summed E-state index contributed by atoms with van der Waals surface area (Å²) in [5, 5.41) is 3.08. The third-order valence-corrected chi connectivity index (χ3v) is 8.27. The van der Waals surface area contributed by atoms with Gasteiger partial charge in [-0.05, 0) is 61.1 Å². The molecule has 1 saturated heterocycles. The van der Waals surface area contributed by atoms with E-state index < -0.39 is 0 Å². The van der Waals surface area contributed by atoms with E-state index in [2.05, 4.69) is 20.2 Å². The molecule has 6 rings (SSSR count). The lowest BCUT2D eigenvalue weighted by Gasteiger charge is -2.38. The zero-order valence-corrected chi connectivity index (χ0v) is 22.9. The maximum Gasteiger partial charge on any atom is 0.322 e. The van der Waals surface area contributed by atoms with Crippen LogP contribution in [0.4, 0.5) is 16.3 Å². The van der Waals surface area contributed by atoms with E-state index in [1.807, 2.05) is 46.2 Å². The van der Waals surface area contributed by atoms with E-state index in [4.69, 9.17) is 9.47 Å². The molecule has 3 aromatic rings. The lowest BCUT2D eigenvalue weighted by Crippen LogP contribution is -2.49. The fraction of sp³-hybridized carbons (Fsp3) is 0.400. The first-order valence-corrected chi connectivity index (χ1v) is 13.8. The molecule has 3 aliphatic rings. The number of carbonyl (C=O) groups is 2. The minimum atomic E-state index is -0.0931. The highest BCUT2D eigenvalue weighted by Gasteiger charge is 2.31. The van der Waals surface area contributed by atoms with E-state index >= 15 is 0 Å². The first-order chi connectivity index (χ1) is 19.5. The average molecular weight is 543 g/mol. The van der Waals surface area contributed by atoms with Crippen molar-refractivity contribution in [2.45, 2.75) is 38.3 Å². The number of anilines is 2. The van der Waals surface area contributed by atoms with E-state index in [9.17, 15) is 9.59 Å². The van der Waals surface area contributed by atoms with E-state index in [1.54, 1.807) is 20.3 Å². The number of ether oxygens (including phenoxy) is 2. The topological polar surface area (TPSA) is 100 Å². The van der Waals surface area contributed by atoms with Gasteiger partial charge in [0.2, 0.25) is 0 Å². The molecular formula is C30H34N6O4. The van der Waals surface area contributed by atoms with Crippen LogP contribution in [0.5, 0.6) is 11.5 Å². The Bertz CT molecular complexity index is 1420. The van der Waals surface area contributed by atoms with Crippen LogP contribution >= 0.6 is 0 Å². The summed E-state index contributed by atoms with van der Waals surface area (Å²) in [6, 6.07) is 13.6. The van der Waals surface area contributed by atoms with Crippen LogP contribution in [0.15, 0.2) is 48.8 Å². The molecule has 208 valence electrons. The normalized spacial score (nSPS) is 17.4. The van der Waals surface area contributed by atoms with Crippen molar-refractivity contribution in [2.75, 3.05) is 50.6 Å². The van der Waals surface area contributed by atoms with Crippen molar-refractivity contribution in [3.63, 3.8) is 0 Å². The summed E-state index contributed by atoms with van der Waals surface area (Å²) in [5.74, 6) is 2.32. The number of hydrogen-bond donors (Lipinski definition) is 1. The van der Waals surface area contributed by atoms with Gasteiger partial charge in [0.1, 0.15) is 29.3 Å². The number of amides is 3. The van der Waals surface area contributed by atoms with Gasteiger partial charge in [0.05, 0.1) is 14.2 Å². The van der Waals surface area contributed by atoms with E-state index in [1.165, 1.54) is 11.9 Å². The van der Waals surface area contributed by atoms with Gasteiger partial charge >= 0.3 is 6.03 Å². The van der Waals surface area contributed by atoms with Gasteiger partial charge < -0.3 is 29.5 Å². The second-order valence-corrected chi connectivity index (χ2v) is 10.5. The van der Waals surface area contributed by atoms with Crippen LogP contribution in [0.3, 0.4) is 0 Å². The van der Waals surface area contributed by atoms with E-state index in [0.29, 0.717) is 25.3 Å². The number of piperidine rings is 1. The Hall–Kier alpha value is -4.34. The van der Waals surface area contributed by atoms with Crippen LogP contribution < -0.4 is 19.7 Å². The SMILES string of the molecule is COc1ccc2c(c1)CCN(C1CCN(c3cc(C(=O)N4CCc5c(cccc5OC)C4)ncn3)CC1)C(=O)N2. The van der Waals surface area contributed by atoms with Crippen LogP contribution in [0.25, 0.3) is 0 Å². The number of rotatable bonds is 5. The molecule has 0 radical (unpaired) electrons. The van der Waals surface area contributed by atoms with Gasteiger partial charge in [0, 0.05) is 56.1 Å². The average Bonchev–Trinajstić information content (AvgIpc) is 3.17. The molecule has 40 heavy (non-hydrogen) atoms. The predicted octanol–water partition coefficient (Wildman–Crippen LogP) is 3.75. The Morgan fingerprint density at radius 3 is 2.60 bits per heavy atom. The minimum Gasteiger partial charge on any atom is -0.497 e. The molecule has 4 heterocycles. The molecule has 0 atom stereocenters. The first kappa shape index (κ1) is 25.9. The molecule has 0 bridgehead atoms. The molecule has 10 heteroatoms. The molecule has 3 aliphatic heterocycles. The molecule has 0 unspecified atom stereocenters. The maximum absolute atomic E-state index is 13.4. The van der Waals surface area contributed by atoms with Gasteiger partial charge in [-0.15, -0.1) is 0 Å². The van der Waals surface area contributed by atoms with Gasteiger partial charge in [-0.2, -0.15) is 0 Å². The molecule has 2 aromatic carbocycles. The molecule has 0 aliphatic carbocycles. The van der Waals surface area contributed by atoms with Crippen molar-refractivity contribution in [2.24, 2.45) is 0 Å². The molecule has 1 N–H and O–H groups in total. The molecule has 0 spiro atoms. The fourth-order valence-corrected chi connectivity index (χ4v) is 6.05. The largest absolute Gasteiger partial charge is 0.497 e. The lowest BCUT2D eigenvalue weighted by atomic mass is 9.98. The third-order valence-electron chi connectivity index (χ3n) is 8.27. The van der Waals surface area contributed by atoms with Crippen LogP contribution in [0, 0.1) is 0 Å². The standard InChI is InChI=1S/C30H34N6O4/c1-39-23-6-7-25-20(16-23)8-15-36(30(38)33-25)22-9-12-34(13-10-22)28-17-26(31-19-32-28)29(37)35-14-11-24-21(18-35)4-3-5-27(24)40-2/h3-7,16-17,19,22H,8-15,18H2,1-2H3,(H,33,38). The fourth-order valence-electron chi connectivity index (χ4n) is 6.05. The Morgan fingerprint density at radius 2 is 1.80 bits per heavy atom. The summed E-state index contributed by atoms with van der Waals surface area (Å²) < 4.78 is 10.9. The second kappa shape index (κ2) is 11.0. The van der Waals surface area contributed by atoms with E-state index in [-0.39, 0.29) is 18.0 Å². The number of nitrogens with zero attached hydrogens (tertiary/aromatic N) is 5. The lowest BCUT2D eigenvalue weighted by molar-refractivity contribution is 0.0727. The first-order valence-electron chi connectivity index (χ1n) is 13.8. The Morgan fingerprint density at radius 1 is 0.950 bits per heavy atom. The van der Waals surface area contributed by atoms with Crippen LogP contribution in [0.2, 0.25) is 0 Å². The quantitative estimate of drug-likeness (QED) is 0.524. The predicted molar refractivity (Wildman–Crippen MR) is 151 cm³/mol. The highest BCUT2D eigenvalue weighted by Crippen LogP contribution is 2.30. The number of carbonyl (C=O) groups excluding carboxylic acids is 2. The highest BCUT2D eigenvalue weighted by atomic mass is 16.5. The minimum absolute atomic E-state index is 0.0574. The molecule has 1 aromatic heterocycles. The molecule has 1 fully saturated rings. The van der Waals surface area contributed by atoms with Gasteiger partial charge in [0.15, 0.2) is 0 Å². The smallest absolute Gasteiger partial charge is 0.322 e. The Kier molecular flexibility index (Phi) is 7.15. The molecule has 0 saturated carbocycles. The summed E-state index contributed by atoms with van der Waals surface area (Å²) in [6.07, 6.45) is 4.65. The number of urea groups is 1. The summed E-state index contributed by atoms with van der Waals surface area (Å²) in [5.41, 5.74) is 4.61. The summed E-state index contributed by atoms with van der Waals surface area (Å²) in [4.78, 5) is 41.2. The van der Waals surface area contributed by atoms with Crippen molar-refractivity contribution < 1.29 is 19.1 Å². The maximum atomic E-state index is 13.4. The number of hydrogen-bond acceptors (Lipinski definition) is 7. The van der Waals surface area contributed by atoms with Crippen LogP contribution in [0.1, 0.15) is 40.0 Å². The number of aromatic nitrogens is 2. The van der Waals surface area contributed by atoms with Gasteiger partial charge in [-0.25, -0.2) is 14.8 Å². The summed E-state index contributed by atoms with van der Waals surface area (Å²) >= 11 is 0. The van der Waals surface area contributed by atoms with Crippen molar-refractivity contribution in [3.05, 3.63) is 71.2 Å². The summed E-state index contributed by atoms with van der Waals surface area (Å²) in [6.45, 7) is 3.30. The molecule has 10 nitrogen and oxygen atoms in total. The summed E-state index contributed by atoms with van der Waals surface area (Å²) in [7, 11) is 3.33. The Balaban J connectivity index is 1.09. The van der Waals surface area contributed by atoms with Crippen LogP contribution in [-0.4, -0.2) is 78.1 Å². The number of fused-ring (bicyclic) bond motifs is 2. The zero-order chi connectivity index (χ0) is 27.6. The number of methoxy groups -OCH3 is 2. The van der Waals surface area contributed by atoms with Gasteiger partial charge in [-0.3, -0.25) is 4.79 Å². The highest BCUT2D eigenvalue weighted by molar-refractivity contribution is 5.93. The van der Waals surface area contributed by atoms with Gasteiger partial charge in [0.25, 0.3) is 5.91 Å². The molecular weight excluding hydrogens is 508 g/mol. The Labute approximate surface area is 233 Å². The number of benzene rings is 2. The number of nitrogens with one attached hydrogen (secondary N) is 1. The van der Waals surface area contributed by atoms with E-state index in [0.717, 1.165) is 72.9 Å².